The minimum absolute atomic E-state index is 0.0323. The van der Waals surface area contributed by atoms with E-state index in [-0.39, 0.29) is 5.57 Å². The minimum Gasteiger partial charge on any atom is -0.465 e. The van der Waals surface area contributed by atoms with Crippen LogP contribution in [-0.2, 0) is 16.1 Å². The Hall–Kier alpha value is -2.29. The van der Waals surface area contributed by atoms with Gasteiger partial charge in [-0.05, 0) is 6.42 Å². The molecule has 6 heteroatoms. The summed E-state index contributed by atoms with van der Waals surface area (Å²) in [6, 6.07) is 1.77. The number of rotatable bonds is 6. The summed E-state index contributed by atoms with van der Waals surface area (Å²) in [5, 5.41) is 11.6. The van der Waals surface area contributed by atoms with Crippen LogP contribution in [-0.4, -0.2) is 29.2 Å². The Labute approximate surface area is 99.5 Å². The molecular weight excluding hydrogens is 220 g/mol. The van der Waals surface area contributed by atoms with Crippen molar-refractivity contribution in [3.8, 4) is 6.07 Å². The van der Waals surface area contributed by atoms with Gasteiger partial charge in [0, 0.05) is 31.7 Å². The zero-order chi connectivity index (χ0) is 12.5. The van der Waals surface area contributed by atoms with E-state index in [1.807, 2.05) is 10.8 Å². The quantitative estimate of drug-likeness (QED) is 0.334. The highest BCUT2D eigenvalue weighted by atomic mass is 16.5. The lowest BCUT2D eigenvalue weighted by molar-refractivity contribution is -0.135. The van der Waals surface area contributed by atoms with E-state index in [0.717, 1.165) is 13.0 Å². The second-order valence-corrected chi connectivity index (χ2v) is 3.27. The van der Waals surface area contributed by atoms with Gasteiger partial charge >= 0.3 is 5.97 Å². The molecule has 1 aromatic rings. The van der Waals surface area contributed by atoms with E-state index in [0.29, 0.717) is 6.54 Å². The van der Waals surface area contributed by atoms with Crippen LogP contribution < -0.4 is 5.32 Å². The lowest BCUT2D eigenvalue weighted by Crippen LogP contribution is -2.13. The van der Waals surface area contributed by atoms with E-state index in [9.17, 15) is 4.79 Å². The molecule has 0 spiro atoms. The molecule has 0 aliphatic heterocycles. The van der Waals surface area contributed by atoms with Crippen LogP contribution in [0.1, 0.15) is 6.42 Å². The first kappa shape index (κ1) is 12.8. The second kappa shape index (κ2) is 7.06. The number of aromatic nitrogens is 2. The molecule has 0 saturated carbocycles. The third-order valence-electron chi connectivity index (χ3n) is 2.07. The third kappa shape index (κ3) is 4.38. The average molecular weight is 234 g/mol. The molecule has 0 fully saturated rings. The Balaban J connectivity index is 2.25. The first-order valence-electron chi connectivity index (χ1n) is 5.15. The molecule has 0 amide bonds. The van der Waals surface area contributed by atoms with Gasteiger partial charge in [0.15, 0.2) is 5.57 Å². The first-order valence-corrected chi connectivity index (χ1v) is 5.15. The Morgan fingerprint density at radius 1 is 1.71 bits per heavy atom. The maximum absolute atomic E-state index is 11.0. The lowest BCUT2D eigenvalue weighted by atomic mass is 10.3. The maximum Gasteiger partial charge on any atom is 0.350 e. The fraction of sp³-hybridized carbons (Fsp3) is 0.364. The van der Waals surface area contributed by atoms with Gasteiger partial charge in [-0.3, -0.25) is 0 Å². The highest BCUT2D eigenvalue weighted by molar-refractivity contribution is 5.92. The van der Waals surface area contributed by atoms with Crippen LogP contribution in [0.15, 0.2) is 30.5 Å². The van der Waals surface area contributed by atoms with E-state index < -0.39 is 5.97 Å². The number of aryl methyl sites for hydroxylation is 1. The van der Waals surface area contributed by atoms with E-state index >= 15 is 0 Å². The molecular formula is C11H14N4O2. The number of methoxy groups -OCH3 is 1. The first-order chi connectivity index (χ1) is 8.27. The van der Waals surface area contributed by atoms with Gasteiger partial charge < -0.3 is 14.6 Å². The standard InChI is InChI=1S/C11H14N4O2/c1-17-11(16)10(7-12)8-13-3-2-5-15-6-4-14-9-15/h4,6,8-9,13H,2-3,5H2,1H3/b10-8+. The van der Waals surface area contributed by atoms with E-state index in [1.165, 1.54) is 13.3 Å². The van der Waals surface area contributed by atoms with Crippen LogP contribution in [0.2, 0.25) is 0 Å². The SMILES string of the molecule is COC(=O)/C(C#N)=C/NCCCn1ccnc1. The summed E-state index contributed by atoms with van der Waals surface area (Å²) in [4.78, 5) is 15.0. The summed E-state index contributed by atoms with van der Waals surface area (Å²) >= 11 is 0. The summed E-state index contributed by atoms with van der Waals surface area (Å²) < 4.78 is 6.39. The van der Waals surface area contributed by atoms with E-state index in [2.05, 4.69) is 15.0 Å². The zero-order valence-electron chi connectivity index (χ0n) is 9.59. The molecule has 1 rings (SSSR count). The van der Waals surface area contributed by atoms with Crippen molar-refractivity contribution in [3.05, 3.63) is 30.5 Å². The Morgan fingerprint density at radius 2 is 2.53 bits per heavy atom. The summed E-state index contributed by atoms with van der Waals surface area (Å²) in [5.74, 6) is -0.630. The van der Waals surface area contributed by atoms with Crippen LogP contribution in [0.4, 0.5) is 0 Å². The van der Waals surface area contributed by atoms with Gasteiger partial charge in [-0.15, -0.1) is 0 Å². The molecule has 1 N–H and O–H groups in total. The second-order valence-electron chi connectivity index (χ2n) is 3.27. The third-order valence-corrected chi connectivity index (χ3v) is 2.07. The molecule has 90 valence electrons. The summed E-state index contributed by atoms with van der Waals surface area (Å²) in [5.41, 5.74) is -0.0323. The topological polar surface area (TPSA) is 79.9 Å². The minimum atomic E-state index is -0.630. The smallest absolute Gasteiger partial charge is 0.350 e. The van der Waals surface area contributed by atoms with Crippen molar-refractivity contribution >= 4 is 5.97 Å². The average Bonchev–Trinajstić information content (AvgIpc) is 2.86. The Kier molecular flexibility index (Phi) is 5.31. The van der Waals surface area contributed by atoms with E-state index in [1.54, 1.807) is 18.6 Å². The summed E-state index contributed by atoms with van der Waals surface area (Å²) in [6.07, 6.45) is 7.58. The molecule has 0 atom stereocenters. The Bertz CT molecular complexity index is 417. The van der Waals surface area contributed by atoms with Gasteiger partial charge in [-0.1, -0.05) is 0 Å². The number of esters is 1. The molecule has 17 heavy (non-hydrogen) atoms. The van der Waals surface area contributed by atoms with Crippen molar-refractivity contribution in [2.24, 2.45) is 0 Å². The van der Waals surface area contributed by atoms with Crippen LogP contribution in [0, 0.1) is 11.3 Å². The molecule has 0 aliphatic rings. The highest BCUT2D eigenvalue weighted by Crippen LogP contribution is 1.94. The predicted molar refractivity (Wildman–Crippen MR) is 60.6 cm³/mol. The summed E-state index contributed by atoms with van der Waals surface area (Å²) in [6.45, 7) is 1.50. The molecule has 0 radical (unpaired) electrons. The van der Waals surface area contributed by atoms with Gasteiger partial charge in [-0.2, -0.15) is 5.26 Å². The van der Waals surface area contributed by atoms with Crippen LogP contribution in [0.3, 0.4) is 0 Å². The van der Waals surface area contributed by atoms with Gasteiger partial charge in [0.25, 0.3) is 0 Å². The van der Waals surface area contributed by atoms with Crippen molar-refractivity contribution in [2.45, 2.75) is 13.0 Å². The van der Waals surface area contributed by atoms with Crippen molar-refractivity contribution in [1.29, 1.82) is 5.26 Å². The molecule has 1 heterocycles. The molecule has 0 aromatic carbocycles. The lowest BCUT2D eigenvalue weighted by Gasteiger charge is -2.03. The number of nitrogens with zero attached hydrogens (tertiary/aromatic N) is 3. The van der Waals surface area contributed by atoms with Gasteiger partial charge in [0.2, 0.25) is 0 Å². The normalized spacial score (nSPS) is 10.7. The molecule has 0 saturated heterocycles. The molecule has 0 unspecified atom stereocenters. The maximum atomic E-state index is 11.0. The van der Waals surface area contributed by atoms with E-state index in [4.69, 9.17) is 5.26 Å². The largest absolute Gasteiger partial charge is 0.465 e. The number of carbonyl (C=O) groups is 1. The monoisotopic (exact) mass is 234 g/mol. The van der Waals surface area contributed by atoms with Crippen molar-refractivity contribution < 1.29 is 9.53 Å². The van der Waals surface area contributed by atoms with Crippen molar-refractivity contribution in [1.82, 2.24) is 14.9 Å². The number of hydrogen-bond donors (Lipinski definition) is 1. The van der Waals surface area contributed by atoms with Gasteiger partial charge in [-0.25, -0.2) is 9.78 Å². The number of nitrogens with one attached hydrogen (secondary N) is 1. The number of carbonyl (C=O) groups excluding carboxylic acids is 1. The number of ether oxygens (including phenoxy) is 1. The fourth-order valence-electron chi connectivity index (χ4n) is 1.20. The van der Waals surface area contributed by atoms with Crippen molar-refractivity contribution in [3.63, 3.8) is 0 Å². The fourth-order valence-corrected chi connectivity index (χ4v) is 1.20. The van der Waals surface area contributed by atoms with Crippen LogP contribution in [0.25, 0.3) is 0 Å². The predicted octanol–water partition coefficient (Wildman–Crippen LogP) is 0.443. The number of hydrogen-bond acceptors (Lipinski definition) is 5. The molecule has 0 aliphatic carbocycles. The van der Waals surface area contributed by atoms with Crippen LogP contribution in [0.5, 0.6) is 0 Å². The van der Waals surface area contributed by atoms with Crippen molar-refractivity contribution in [2.75, 3.05) is 13.7 Å². The van der Waals surface area contributed by atoms with Gasteiger partial charge in [0.05, 0.1) is 13.4 Å². The molecule has 1 aromatic heterocycles. The zero-order valence-corrected chi connectivity index (χ0v) is 9.59. The number of nitriles is 1. The summed E-state index contributed by atoms with van der Waals surface area (Å²) in [7, 11) is 1.24. The Morgan fingerprint density at radius 3 is 3.12 bits per heavy atom. The van der Waals surface area contributed by atoms with Gasteiger partial charge in [0.1, 0.15) is 6.07 Å². The number of imidazole rings is 1. The van der Waals surface area contributed by atoms with Crippen LogP contribution >= 0.6 is 0 Å². The highest BCUT2D eigenvalue weighted by Gasteiger charge is 2.06. The molecule has 6 nitrogen and oxygen atoms in total. The molecule has 0 bridgehead atoms.